The van der Waals surface area contributed by atoms with Crippen molar-refractivity contribution in [3.05, 3.63) is 65.0 Å². The Kier molecular flexibility index (Phi) is 3.02. The van der Waals surface area contributed by atoms with E-state index in [9.17, 15) is 5.11 Å². The van der Waals surface area contributed by atoms with Gasteiger partial charge in [-0.15, -0.1) is 0 Å². The van der Waals surface area contributed by atoms with Gasteiger partial charge in [0.2, 0.25) is 0 Å². The highest BCUT2D eigenvalue weighted by Crippen LogP contribution is 2.21. The normalized spacial score (nSPS) is 12.4. The summed E-state index contributed by atoms with van der Waals surface area (Å²) in [5.74, 6) is 0. The van der Waals surface area contributed by atoms with Gasteiger partial charge in [-0.05, 0) is 25.5 Å². The number of aliphatic hydroxyl groups excluding tert-OH is 1. The Morgan fingerprint density at radius 2 is 1.56 bits per heavy atom. The number of pyridine rings is 1. The van der Waals surface area contributed by atoms with Gasteiger partial charge in [-0.3, -0.25) is 4.98 Å². The molecule has 1 aromatic carbocycles. The van der Waals surface area contributed by atoms with Crippen LogP contribution in [0.3, 0.4) is 0 Å². The van der Waals surface area contributed by atoms with E-state index in [2.05, 4.69) is 4.98 Å². The van der Waals surface area contributed by atoms with Crippen LogP contribution in [0.5, 0.6) is 0 Å². The number of aryl methyl sites for hydroxylation is 2. The van der Waals surface area contributed by atoms with Gasteiger partial charge in [0.15, 0.2) is 0 Å². The maximum atomic E-state index is 10.1. The maximum Gasteiger partial charge on any atom is 0.106 e. The topological polar surface area (TPSA) is 33.1 Å². The van der Waals surface area contributed by atoms with Crippen LogP contribution in [0.15, 0.2) is 42.6 Å². The molecule has 0 radical (unpaired) electrons. The lowest BCUT2D eigenvalue weighted by atomic mass is 10.0. The zero-order valence-corrected chi connectivity index (χ0v) is 9.51. The highest BCUT2D eigenvalue weighted by Gasteiger charge is 2.09. The number of rotatable bonds is 2. The predicted molar refractivity (Wildman–Crippen MR) is 64.2 cm³/mol. The molecule has 1 unspecified atom stereocenters. The summed E-state index contributed by atoms with van der Waals surface area (Å²) in [6.45, 7) is 3.96. The Labute approximate surface area is 95.6 Å². The first-order valence-corrected chi connectivity index (χ1v) is 5.34. The maximum absolute atomic E-state index is 10.1. The van der Waals surface area contributed by atoms with Crippen LogP contribution in [-0.2, 0) is 0 Å². The highest BCUT2D eigenvalue weighted by molar-refractivity contribution is 5.30. The molecule has 0 spiro atoms. The first kappa shape index (κ1) is 10.8. The minimum absolute atomic E-state index is 0.589. The van der Waals surface area contributed by atoms with Gasteiger partial charge in [-0.25, -0.2) is 0 Å². The smallest absolute Gasteiger partial charge is 0.106 e. The number of aliphatic hydroxyl groups is 1. The van der Waals surface area contributed by atoms with E-state index >= 15 is 0 Å². The van der Waals surface area contributed by atoms with Crippen LogP contribution < -0.4 is 0 Å². The van der Waals surface area contributed by atoms with E-state index in [0.29, 0.717) is 0 Å². The zero-order valence-electron chi connectivity index (χ0n) is 9.51. The Morgan fingerprint density at radius 1 is 0.938 bits per heavy atom. The predicted octanol–water partition coefficient (Wildman–Crippen LogP) is 2.78. The van der Waals surface area contributed by atoms with Crippen molar-refractivity contribution in [1.82, 2.24) is 4.98 Å². The van der Waals surface area contributed by atoms with Crippen molar-refractivity contribution in [2.45, 2.75) is 20.0 Å². The van der Waals surface area contributed by atoms with Crippen molar-refractivity contribution in [2.75, 3.05) is 0 Å². The zero-order chi connectivity index (χ0) is 11.5. The van der Waals surface area contributed by atoms with Gasteiger partial charge in [-0.2, -0.15) is 0 Å². The quantitative estimate of drug-likeness (QED) is 0.832. The largest absolute Gasteiger partial charge is 0.384 e. The molecule has 1 heterocycles. The monoisotopic (exact) mass is 213 g/mol. The molecular weight excluding hydrogens is 198 g/mol. The standard InChI is InChI=1S/C14H15NO/c1-10-3-6-12(7-4-10)14(16)13-8-5-11(2)15-9-13/h3-9,14,16H,1-2H3. The van der Waals surface area contributed by atoms with Crippen molar-refractivity contribution < 1.29 is 5.11 Å². The number of nitrogens with zero attached hydrogens (tertiary/aromatic N) is 1. The molecule has 0 fully saturated rings. The molecule has 0 aliphatic rings. The number of hydrogen-bond donors (Lipinski definition) is 1. The van der Waals surface area contributed by atoms with Gasteiger partial charge in [-0.1, -0.05) is 35.9 Å². The molecule has 0 saturated carbocycles. The van der Waals surface area contributed by atoms with Crippen LogP contribution in [0.4, 0.5) is 0 Å². The lowest BCUT2D eigenvalue weighted by molar-refractivity contribution is 0.220. The first-order chi connectivity index (χ1) is 7.66. The SMILES string of the molecule is Cc1ccc(C(O)c2ccc(C)nc2)cc1. The summed E-state index contributed by atoms with van der Waals surface area (Å²) >= 11 is 0. The third kappa shape index (κ3) is 2.28. The summed E-state index contributed by atoms with van der Waals surface area (Å²) in [5.41, 5.74) is 3.88. The van der Waals surface area contributed by atoms with Gasteiger partial charge in [0, 0.05) is 17.5 Å². The van der Waals surface area contributed by atoms with E-state index in [0.717, 1.165) is 16.8 Å². The van der Waals surface area contributed by atoms with Crippen LogP contribution in [-0.4, -0.2) is 10.1 Å². The summed E-state index contributed by atoms with van der Waals surface area (Å²) in [6, 6.07) is 11.7. The average molecular weight is 213 g/mol. The minimum atomic E-state index is -0.589. The second-order valence-corrected chi connectivity index (χ2v) is 4.05. The fraction of sp³-hybridized carbons (Fsp3) is 0.214. The summed E-state index contributed by atoms with van der Waals surface area (Å²) in [6.07, 6.45) is 1.13. The minimum Gasteiger partial charge on any atom is -0.384 e. The van der Waals surface area contributed by atoms with E-state index in [4.69, 9.17) is 0 Å². The van der Waals surface area contributed by atoms with E-state index in [1.165, 1.54) is 5.56 Å². The van der Waals surface area contributed by atoms with Crippen molar-refractivity contribution >= 4 is 0 Å². The molecule has 82 valence electrons. The number of benzene rings is 1. The third-order valence-electron chi connectivity index (χ3n) is 2.64. The molecule has 2 heteroatoms. The first-order valence-electron chi connectivity index (χ1n) is 5.34. The Hall–Kier alpha value is -1.67. The van der Waals surface area contributed by atoms with Gasteiger partial charge >= 0.3 is 0 Å². The van der Waals surface area contributed by atoms with Crippen molar-refractivity contribution in [3.63, 3.8) is 0 Å². The Morgan fingerprint density at radius 3 is 2.12 bits per heavy atom. The molecule has 0 saturated heterocycles. The summed E-state index contributed by atoms with van der Waals surface area (Å²) in [5, 5.41) is 10.1. The Bertz CT molecular complexity index is 414. The highest BCUT2D eigenvalue weighted by atomic mass is 16.3. The van der Waals surface area contributed by atoms with Crippen molar-refractivity contribution in [1.29, 1.82) is 0 Å². The van der Waals surface area contributed by atoms with Crippen LogP contribution in [0.2, 0.25) is 0 Å². The lowest BCUT2D eigenvalue weighted by Gasteiger charge is -2.11. The molecule has 2 rings (SSSR count). The lowest BCUT2D eigenvalue weighted by Crippen LogP contribution is -2.00. The third-order valence-corrected chi connectivity index (χ3v) is 2.64. The molecule has 0 aliphatic heterocycles. The fourth-order valence-electron chi connectivity index (χ4n) is 1.58. The number of hydrogen-bond acceptors (Lipinski definition) is 2. The molecule has 2 aromatic rings. The molecule has 0 bridgehead atoms. The van der Waals surface area contributed by atoms with E-state index < -0.39 is 6.10 Å². The van der Waals surface area contributed by atoms with Gasteiger partial charge in [0.1, 0.15) is 6.10 Å². The molecule has 1 atom stereocenters. The van der Waals surface area contributed by atoms with Crippen LogP contribution in [0.25, 0.3) is 0 Å². The average Bonchev–Trinajstić information content (AvgIpc) is 2.30. The molecule has 0 amide bonds. The molecule has 1 N–H and O–H groups in total. The summed E-state index contributed by atoms with van der Waals surface area (Å²) < 4.78 is 0. The second-order valence-electron chi connectivity index (χ2n) is 4.05. The van der Waals surface area contributed by atoms with Gasteiger partial charge in [0.05, 0.1) is 0 Å². The molecular formula is C14H15NO. The van der Waals surface area contributed by atoms with Crippen LogP contribution in [0.1, 0.15) is 28.5 Å². The molecule has 1 aromatic heterocycles. The molecule has 2 nitrogen and oxygen atoms in total. The van der Waals surface area contributed by atoms with E-state index in [-0.39, 0.29) is 0 Å². The molecule has 16 heavy (non-hydrogen) atoms. The van der Waals surface area contributed by atoms with Gasteiger partial charge < -0.3 is 5.11 Å². The fourth-order valence-corrected chi connectivity index (χ4v) is 1.58. The Balaban J connectivity index is 2.28. The van der Waals surface area contributed by atoms with Crippen molar-refractivity contribution in [3.8, 4) is 0 Å². The van der Waals surface area contributed by atoms with E-state index in [1.54, 1.807) is 6.20 Å². The second kappa shape index (κ2) is 4.45. The summed E-state index contributed by atoms with van der Waals surface area (Å²) in [7, 11) is 0. The number of aromatic nitrogens is 1. The molecule has 0 aliphatic carbocycles. The van der Waals surface area contributed by atoms with Gasteiger partial charge in [0.25, 0.3) is 0 Å². The van der Waals surface area contributed by atoms with E-state index in [1.807, 2.05) is 50.2 Å². The van der Waals surface area contributed by atoms with Crippen molar-refractivity contribution in [2.24, 2.45) is 0 Å². The van der Waals surface area contributed by atoms with Crippen LogP contribution in [0, 0.1) is 13.8 Å². The summed E-state index contributed by atoms with van der Waals surface area (Å²) in [4.78, 5) is 4.18. The van der Waals surface area contributed by atoms with Crippen LogP contribution >= 0.6 is 0 Å².